The molecule has 4 atom stereocenters. The van der Waals surface area contributed by atoms with E-state index in [9.17, 15) is 0 Å². The third-order valence-electron chi connectivity index (χ3n) is 4.14. The van der Waals surface area contributed by atoms with Crippen molar-refractivity contribution < 1.29 is 0 Å². The maximum absolute atomic E-state index is 2.44. The molecule has 64 valence electrons. The van der Waals surface area contributed by atoms with Crippen molar-refractivity contribution in [1.82, 2.24) is 0 Å². The van der Waals surface area contributed by atoms with Gasteiger partial charge in [0.25, 0.3) is 0 Å². The predicted octanol–water partition coefficient (Wildman–Crippen LogP) is 3.47. The molecule has 4 unspecified atom stereocenters. The van der Waals surface area contributed by atoms with Crippen molar-refractivity contribution >= 4 is 0 Å². The van der Waals surface area contributed by atoms with E-state index in [0.717, 1.165) is 23.7 Å². The second kappa shape index (κ2) is 2.80. The summed E-state index contributed by atoms with van der Waals surface area (Å²) in [5.41, 5.74) is 0. The lowest BCUT2D eigenvalue weighted by Crippen LogP contribution is -2.25. The molecule has 0 spiro atoms. The van der Waals surface area contributed by atoms with Gasteiger partial charge in [0, 0.05) is 0 Å². The molecular weight excluding hydrogens is 132 g/mol. The van der Waals surface area contributed by atoms with Crippen LogP contribution in [0, 0.1) is 23.7 Å². The molecule has 0 heterocycles. The van der Waals surface area contributed by atoms with Crippen LogP contribution in [0.1, 0.15) is 46.0 Å². The topological polar surface area (TPSA) is 0 Å². The van der Waals surface area contributed by atoms with Gasteiger partial charge in [0.2, 0.25) is 0 Å². The summed E-state index contributed by atoms with van der Waals surface area (Å²) in [5, 5.41) is 0. The Morgan fingerprint density at radius 3 is 1.73 bits per heavy atom. The molecule has 2 fully saturated rings. The van der Waals surface area contributed by atoms with Gasteiger partial charge >= 0.3 is 0 Å². The van der Waals surface area contributed by atoms with E-state index in [2.05, 4.69) is 13.8 Å². The van der Waals surface area contributed by atoms with Crippen LogP contribution in [0.5, 0.6) is 0 Å². The molecule has 0 bridgehead atoms. The molecule has 0 nitrogen and oxygen atoms in total. The van der Waals surface area contributed by atoms with Gasteiger partial charge in [-0.3, -0.25) is 0 Å². The third-order valence-corrected chi connectivity index (χ3v) is 4.14. The predicted molar refractivity (Wildman–Crippen MR) is 48.4 cm³/mol. The quantitative estimate of drug-likeness (QED) is 0.498. The summed E-state index contributed by atoms with van der Waals surface area (Å²) >= 11 is 0. The maximum atomic E-state index is 2.44. The zero-order valence-electron chi connectivity index (χ0n) is 7.84. The van der Waals surface area contributed by atoms with Crippen molar-refractivity contribution in [2.75, 3.05) is 0 Å². The van der Waals surface area contributed by atoms with Crippen LogP contribution in [0.15, 0.2) is 0 Å². The molecule has 0 aromatic rings. The molecule has 2 saturated carbocycles. The number of rotatable bonds is 0. The summed E-state index contributed by atoms with van der Waals surface area (Å²) in [4.78, 5) is 0. The van der Waals surface area contributed by atoms with Crippen LogP contribution < -0.4 is 0 Å². The second-order valence-corrected chi connectivity index (χ2v) is 4.88. The molecule has 2 rings (SSSR count). The van der Waals surface area contributed by atoms with Gasteiger partial charge in [-0.2, -0.15) is 0 Å². The Bertz CT molecular complexity index is 123. The van der Waals surface area contributed by atoms with Gasteiger partial charge in [-0.25, -0.2) is 0 Å². The van der Waals surface area contributed by atoms with E-state index >= 15 is 0 Å². The lowest BCUT2D eigenvalue weighted by Gasteiger charge is -2.35. The summed E-state index contributed by atoms with van der Waals surface area (Å²) < 4.78 is 0. The van der Waals surface area contributed by atoms with E-state index in [4.69, 9.17) is 0 Å². The highest BCUT2D eigenvalue weighted by Gasteiger charge is 2.35. The van der Waals surface area contributed by atoms with Crippen molar-refractivity contribution in [1.29, 1.82) is 0 Å². The molecule has 11 heavy (non-hydrogen) atoms. The van der Waals surface area contributed by atoms with Crippen LogP contribution in [0.25, 0.3) is 0 Å². The van der Waals surface area contributed by atoms with Crippen LogP contribution in [-0.2, 0) is 0 Å². The first-order valence-electron chi connectivity index (χ1n) is 5.27. The largest absolute Gasteiger partial charge is 0.0622 e. The highest BCUT2D eigenvalue weighted by Crippen LogP contribution is 2.46. The number of fused-ring (bicyclic) bond motifs is 1. The summed E-state index contributed by atoms with van der Waals surface area (Å²) in [7, 11) is 0. The summed E-state index contributed by atoms with van der Waals surface area (Å²) in [5.74, 6) is 4.27. The van der Waals surface area contributed by atoms with E-state index in [1.165, 1.54) is 19.3 Å². The molecule has 0 saturated heterocycles. The standard InChI is InChI=1S/C11H20/c1-8-6-10-4-3-5-11(10)7-9(8)2/h8-11H,3-7H2,1-2H3. The van der Waals surface area contributed by atoms with Crippen LogP contribution in [0.2, 0.25) is 0 Å². The molecular formula is C11H20. The van der Waals surface area contributed by atoms with Gasteiger partial charge in [0.05, 0.1) is 0 Å². The van der Waals surface area contributed by atoms with Crippen LogP contribution in [-0.4, -0.2) is 0 Å². The van der Waals surface area contributed by atoms with Crippen LogP contribution in [0.4, 0.5) is 0 Å². The maximum Gasteiger partial charge on any atom is -0.0383 e. The van der Waals surface area contributed by atoms with Gasteiger partial charge < -0.3 is 0 Å². The fourth-order valence-corrected chi connectivity index (χ4v) is 3.15. The first-order chi connectivity index (χ1) is 5.27. The smallest absolute Gasteiger partial charge is 0.0383 e. The van der Waals surface area contributed by atoms with E-state index in [0.29, 0.717) is 0 Å². The minimum Gasteiger partial charge on any atom is -0.0622 e. The first-order valence-corrected chi connectivity index (χ1v) is 5.27. The SMILES string of the molecule is CC1CC2CCCC2CC1C. The van der Waals surface area contributed by atoms with E-state index in [-0.39, 0.29) is 0 Å². The summed E-state index contributed by atoms with van der Waals surface area (Å²) in [6.07, 6.45) is 7.68. The van der Waals surface area contributed by atoms with Gasteiger partial charge in [-0.1, -0.05) is 33.1 Å². The fourth-order valence-electron chi connectivity index (χ4n) is 3.15. The molecule has 0 amide bonds. The number of hydrogen-bond donors (Lipinski definition) is 0. The van der Waals surface area contributed by atoms with Crippen molar-refractivity contribution in [3.8, 4) is 0 Å². The average molecular weight is 152 g/mol. The number of hydrogen-bond acceptors (Lipinski definition) is 0. The monoisotopic (exact) mass is 152 g/mol. The zero-order chi connectivity index (χ0) is 7.84. The molecule has 2 aliphatic carbocycles. The molecule has 0 aromatic heterocycles. The highest BCUT2D eigenvalue weighted by atomic mass is 14.4. The average Bonchev–Trinajstić information content (AvgIpc) is 2.36. The third kappa shape index (κ3) is 1.32. The van der Waals surface area contributed by atoms with Crippen molar-refractivity contribution in [3.63, 3.8) is 0 Å². The molecule has 0 heteroatoms. The Balaban J connectivity index is 2.00. The molecule has 0 N–H and O–H groups in total. The summed E-state index contributed by atoms with van der Waals surface area (Å²) in [6, 6.07) is 0. The Labute approximate surface area is 70.4 Å². The fraction of sp³-hybridized carbons (Fsp3) is 1.00. The molecule has 2 aliphatic rings. The molecule has 0 aliphatic heterocycles. The highest BCUT2D eigenvalue weighted by molar-refractivity contribution is 4.86. The van der Waals surface area contributed by atoms with E-state index < -0.39 is 0 Å². The van der Waals surface area contributed by atoms with Crippen LogP contribution >= 0.6 is 0 Å². The van der Waals surface area contributed by atoms with Gasteiger partial charge in [-0.05, 0) is 36.5 Å². The van der Waals surface area contributed by atoms with E-state index in [1.807, 2.05) is 0 Å². The lowest BCUT2D eigenvalue weighted by atomic mass is 9.71. The first kappa shape index (κ1) is 7.64. The Hall–Kier alpha value is 0. The summed E-state index contributed by atoms with van der Waals surface area (Å²) in [6.45, 7) is 4.89. The zero-order valence-corrected chi connectivity index (χ0v) is 7.84. The Morgan fingerprint density at radius 1 is 0.818 bits per heavy atom. The minimum atomic E-state index is 1.01. The Kier molecular flexibility index (Phi) is 1.95. The van der Waals surface area contributed by atoms with Crippen molar-refractivity contribution in [2.24, 2.45) is 23.7 Å². The van der Waals surface area contributed by atoms with E-state index in [1.54, 1.807) is 12.8 Å². The van der Waals surface area contributed by atoms with Gasteiger partial charge in [0.1, 0.15) is 0 Å². The van der Waals surface area contributed by atoms with Crippen molar-refractivity contribution in [3.05, 3.63) is 0 Å². The minimum absolute atomic E-state index is 1.01. The van der Waals surface area contributed by atoms with Crippen molar-refractivity contribution in [2.45, 2.75) is 46.0 Å². The van der Waals surface area contributed by atoms with Crippen LogP contribution in [0.3, 0.4) is 0 Å². The molecule has 0 radical (unpaired) electrons. The van der Waals surface area contributed by atoms with Gasteiger partial charge in [-0.15, -0.1) is 0 Å². The molecule has 0 aromatic carbocycles. The normalized spacial score (nSPS) is 50.7. The lowest BCUT2D eigenvalue weighted by molar-refractivity contribution is 0.157. The second-order valence-electron chi connectivity index (χ2n) is 4.88. The van der Waals surface area contributed by atoms with Gasteiger partial charge in [0.15, 0.2) is 0 Å². The Morgan fingerprint density at radius 2 is 1.27 bits per heavy atom.